The first kappa shape index (κ1) is 15.9. The van der Waals surface area contributed by atoms with E-state index in [-0.39, 0.29) is 0 Å². The number of halogens is 1. The summed E-state index contributed by atoms with van der Waals surface area (Å²) in [7, 11) is 0. The van der Waals surface area contributed by atoms with Crippen LogP contribution in [0.2, 0.25) is 5.02 Å². The van der Waals surface area contributed by atoms with Gasteiger partial charge < -0.3 is 10.5 Å². The van der Waals surface area contributed by atoms with E-state index in [4.69, 9.17) is 22.1 Å². The normalized spacial score (nSPS) is 11.0. The molecule has 0 radical (unpaired) electrons. The first-order valence-electron chi connectivity index (χ1n) is 7.22. The highest BCUT2D eigenvalue weighted by atomic mass is 35.5. The summed E-state index contributed by atoms with van der Waals surface area (Å²) < 4.78 is 5.95. The van der Waals surface area contributed by atoms with Crippen LogP contribution in [0.25, 0.3) is 0 Å². The molecule has 0 aliphatic heterocycles. The Hall–Kier alpha value is -1.51. The summed E-state index contributed by atoms with van der Waals surface area (Å²) in [6.45, 7) is 7.39. The van der Waals surface area contributed by atoms with Gasteiger partial charge in [0.25, 0.3) is 0 Å². The van der Waals surface area contributed by atoms with E-state index in [9.17, 15) is 0 Å². The van der Waals surface area contributed by atoms with Crippen LogP contribution in [0.1, 0.15) is 42.0 Å². The van der Waals surface area contributed by atoms with Crippen molar-refractivity contribution >= 4 is 11.6 Å². The van der Waals surface area contributed by atoms with Gasteiger partial charge in [-0.15, -0.1) is 0 Å². The first-order valence-corrected chi connectivity index (χ1v) is 7.59. The smallest absolute Gasteiger partial charge is 0.123 e. The fraction of sp³-hybridized carbons (Fsp3) is 0.333. The second kappa shape index (κ2) is 6.97. The van der Waals surface area contributed by atoms with E-state index in [1.165, 1.54) is 0 Å². The highest BCUT2D eigenvalue weighted by Crippen LogP contribution is 2.31. The molecule has 0 saturated carbocycles. The summed E-state index contributed by atoms with van der Waals surface area (Å²) in [5.41, 5.74) is 10.0. The van der Waals surface area contributed by atoms with Gasteiger partial charge >= 0.3 is 0 Å². The Balaban J connectivity index is 2.13. The SMILES string of the molecule is Cc1cc(Cl)c(C(C)C)cc1OCc1ccc(CN)cc1. The molecule has 2 aromatic carbocycles. The lowest BCUT2D eigenvalue weighted by atomic mass is 10.0. The molecule has 21 heavy (non-hydrogen) atoms. The minimum Gasteiger partial charge on any atom is -0.489 e. The molecule has 0 unspecified atom stereocenters. The molecule has 2 nitrogen and oxygen atoms in total. The van der Waals surface area contributed by atoms with Gasteiger partial charge in [0, 0.05) is 11.6 Å². The van der Waals surface area contributed by atoms with E-state index in [0.717, 1.165) is 33.0 Å². The Morgan fingerprint density at radius 2 is 1.71 bits per heavy atom. The van der Waals surface area contributed by atoms with Crippen LogP contribution in [0.4, 0.5) is 0 Å². The average molecular weight is 304 g/mol. The van der Waals surface area contributed by atoms with Crippen molar-refractivity contribution in [3.05, 3.63) is 63.7 Å². The van der Waals surface area contributed by atoms with Gasteiger partial charge in [0.2, 0.25) is 0 Å². The van der Waals surface area contributed by atoms with Gasteiger partial charge in [-0.05, 0) is 47.2 Å². The molecule has 0 amide bonds. The van der Waals surface area contributed by atoms with E-state index in [0.29, 0.717) is 19.1 Å². The standard InChI is InChI=1S/C18H22ClNO/c1-12(2)16-9-18(13(3)8-17(16)19)21-11-15-6-4-14(10-20)5-7-15/h4-9,12H,10-11,20H2,1-3H3. The second-order valence-electron chi connectivity index (χ2n) is 5.60. The van der Waals surface area contributed by atoms with E-state index in [1.807, 2.05) is 25.1 Å². The number of rotatable bonds is 5. The molecule has 3 heteroatoms. The molecule has 112 valence electrons. The molecule has 0 fully saturated rings. The molecule has 0 atom stereocenters. The monoisotopic (exact) mass is 303 g/mol. The Bertz CT molecular complexity index is 605. The van der Waals surface area contributed by atoms with Crippen LogP contribution in [0.3, 0.4) is 0 Å². The van der Waals surface area contributed by atoms with Gasteiger partial charge in [0.05, 0.1) is 0 Å². The number of aryl methyl sites for hydroxylation is 1. The molecule has 0 saturated heterocycles. The maximum atomic E-state index is 6.28. The van der Waals surface area contributed by atoms with Crippen molar-refractivity contribution < 1.29 is 4.74 Å². The van der Waals surface area contributed by atoms with Crippen LogP contribution in [-0.2, 0) is 13.2 Å². The van der Waals surface area contributed by atoms with Crippen molar-refractivity contribution in [1.29, 1.82) is 0 Å². The molecule has 2 rings (SSSR count). The molecule has 2 N–H and O–H groups in total. The number of benzene rings is 2. The van der Waals surface area contributed by atoms with Crippen molar-refractivity contribution in [3.63, 3.8) is 0 Å². The molecular formula is C18H22ClNO. The third kappa shape index (κ3) is 3.99. The molecule has 0 aromatic heterocycles. The number of hydrogen-bond donors (Lipinski definition) is 1. The van der Waals surface area contributed by atoms with Crippen molar-refractivity contribution in [2.24, 2.45) is 5.73 Å². The van der Waals surface area contributed by atoms with Crippen LogP contribution in [-0.4, -0.2) is 0 Å². The minimum absolute atomic E-state index is 0.379. The van der Waals surface area contributed by atoms with Gasteiger partial charge in [-0.1, -0.05) is 49.7 Å². The summed E-state index contributed by atoms with van der Waals surface area (Å²) in [4.78, 5) is 0. The van der Waals surface area contributed by atoms with Gasteiger partial charge in [-0.25, -0.2) is 0 Å². The van der Waals surface area contributed by atoms with Crippen LogP contribution < -0.4 is 10.5 Å². The number of hydrogen-bond acceptors (Lipinski definition) is 2. The first-order chi connectivity index (χ1) is 10.0. The fourth-order valence-electron chi connectivity index (χ4n) is 2.20. The maximum Gasteiger partial charge on any atom is 0.123 e. The van der Waals surface area contributed by atoms with E-state index < -0.39 is 0 Å². The van der Waals surface area contributed by atoms with E-state index in [2.05, 4.69) is 32.0 Å². The molecule has 0 aliphatic carbocycles. The zero-order chi connectivity index (χ0) is 15.4. The molecular weight excluding hydrogens is 282 g/mol. The molecule has 0 bridgehead atoms. The van der Waals surface area contributed by atoms with Crippen molar-refractivity contribution in [2.45, 2.75) is 39.8 Å². The average Bonchev–Trinajstić information content (AvgIpc) is 2.46. The van der Waals surface area contributed by atoms with Crippen LogP contribution in [0, 0.1) is 6.92 Å². The van der Waals surface area contributed by atoms with Crippen LogP contribution in [0.5, 0.6) is 5.75 Å². The third-order valence-electron chi connectivity index (χ3n) is 3.57. The van der Waals surface area contributed by atoms with Crippen LogP contribution in [0.15, 0.2) is 36.4 Å². The Morgan fingerprint density at radius 1 is 1.10 bits per heavy atom. The molecule has 2 aromatic rings. The Kier molecular flexibility index (Phi) is 5.27. The van der Waals surface area contributed by atoms with Crippen molar-refractivity contribution in [3.8, 4) is 5.75 Å². The Labute approximate surface area is 131 Å². The number of ether oxygens (including phenoxy) is 1. The predicted molar refractivity (Wildman–Crippen MR) is 88.9 cm³/mol. The molecule has 0 spiro atoms. The van der Waals surface area contributed by atoms with E-state index >= 15 is 0 Å². The van der Waals surface area contributed by atoms with Gasteiger partial charge in [0.15, 0.2) is 0 Å². The van der Waals surface area contributed by atoms with Crippen molar-refractivity contribution in [2.75, 3.05) is 0 Å². The zero-order valence-corrected chi connectivity index (χ0v) is 13.6. The summed E-state index contributed by atoms with van der Waals surface area (Å²) in [6.07, 6.45) is 0. The lowest BCUT2D eigenvalue weighted by Crippen LogP contribution is -2.00. The largest absolute Gasteiger partial charge is 0.489 e. The lowest BCUT2D eigenvalue weighted by molar-refractivity contribution is 0.303. The topological polar surface area (TPSA) is 35.2 Å². The molecule has 0 aliphatic rings. The van der Waals surface area contributed by atoms with Crippen LogP contribution >= 0.6 is 11.6 Å². The summed E-state index contributed by atoms with van der Waals surface area (Å²) in [5, 5.41) is 0.808. The zero-order valence-electron chi connectivity index (χ0n) is 12.8. The van der Waals surface area contributed by atoms with Gasteiger partial charge in [-0.3, -0.25) is 0 Å². The number of nitrogens with two attached hydrogens (primary N) is 1. The summed E-state index contributed by atoms with van der Waals surface area (Å²) >= 11 is 6.28. The second-order valence-corrected chi connectivity index (χ2v) is 6.01. The minimum atomic E-state index is 0.379. The van der Waals surface area contributed by atoms with E-state index in [1.54, 1.807) is 0 Å². The molecule has 0 heterocycles. The summed E-state index contributed by atoms with van der Waals surface area (Å²) in [6, 6.07) is 12.2. The fourth-order valence-corrected chi connectivity index (χ4v) is 2.64. The lowest BCUT2D eigenvalue weighted by Gasteiger charge is -2.15. The highest BCUT2D eigenvalue weighted by molar-refractivity contribution is 6.31. The van der Waals surface area contributed by atoms with Gasteiger partial charge in [0.1, 0.15) is 12.4 Å². The quantitative estimate of drug-likeness (QED) is 0.860. The third-order valence-corrected chi connectivity index (χ3v) is 3.90. The predicted octanol–water partition coefficient (Wildman–Crippen LogP) is 4.81. The highest BCUT2D eigenvalue weighted by Gasteiger charge is 2.10. The van der Waals surface area contributed by atoms with Crippen molar-refractivity contribution in [1.82, 2.24) is 0 Å². The maximum absolute atomic E-state index is 6.28. The Morgan fingerprint density at radius 3 is 2.29 bits per heavy atom. The summed E-state index contributed by atoms with van der Waals surface area (Å²) in [5.74, 6) is 1.27. The van der Waals surface area contributed by atoms with Gasteiger partial charge in [-0.2, -0.15) is 0 Å².